The van der Waals surface area contributed by atoms with Crippen LogP contribution in [0.5, 0.6) is 0 Å². The zero-order valence-electron chi connectivity index (χ0n) is 14.6. The Hall–Kier alpha value is -3.81. The number of barbiturate groups is 1. The number of imide groups is 2. The molecule has 1 N–H and O–H groups in total. The summed E-state index contributed by atoms with van der Waals surface area (Å²) >= 11 is 0. The van der Waals surface area contributed by atoms with Gasteiger partial charge in [0.25, 0.3) is 17.5 Å². The second-order valence-electron chi connectivity index (χ2n) is 6.10. The highest BCUT2D eigenvalue weighted by molar-refractivity contribution is 6.39. The van der Waals surface area contributed by atoms with Gasteiger partial charge in [-0.2, -0.15) is 0 Å². The number of nitro groups is 1. The molecular formula is C19H15N3O5. The molecule has 0 aliphatic carbocycles. The average molecular weight is 365 g/mol. The highest BCUT2D eigenvalue weighted by Crippen LogP contribution is 2.24. The lowest BCUT2D eigenvalue weighted by Crippen LogP contribution is -2.54. The van der Waals surface area contributed by atoms with Crippen LogP contribution in [0.15, 0.2) is 48.0 Å². The van der Waals surface area contributed by atoms with E-state index in [2.05, 4.69) is 5.32 Å². The predicted molar refractivity (Wildman–Crippen MR) is 98.0 cm³/mol. The number of aryl methyl sites for hydroxylation is 2. The largest absolute Gasteiger partial charge is 0.335 e. The molecule has 0 aromatic heterocycles. The summed E-state index contributed by atoms with van der Waals surface area (Å²) in [5.41, 5.74) is 1.62. The molecule has 0 spiro atoms. The molecule has 0 bridgehead atoms. The molecule has 0 saturated carbocycles. The lowest BCUT2D eigenvalue weighted by Gasteiger charge is -2.26. The number of benzene rings is 2. The summed E-state index contributed by atoms with van der Waals surface area (Å²) in [5.74, 6) is -1.65. The molecule has 8 nitrogen and oxygen atoms in total. The molecule has 2 aromatic rings. The second kappa shape index (κ2) is 6.83. The van der Waals surface area contributed by atoms with E-state index in [1.54, 1.807) is 37.3 Å². The number of urea groups is 1. The van der Waals surface area contributed by atoms with Crippen LogP contribution in [0.2, 0.25) is 0 Å². The first-order valence-electron chi connectivity index (χ1n) is 8.01. The lowest BCUT2D eigenvalue weighted by atomic mass is 10.0. The SMILES string of the molecule is Cc1ccc(N2C(=O)NC(=O)C(=Cc3ccc(C)c([N+](=O)[O-])c3)C2=O)cc1. The highest BCUT2D eigenvalue weighted by atomic mass is 16.6. The molecule has 1 heterocycles. The molecule has 2 aromatic carbocycles. The van der Waals surface area contributed by atoms with Crippen molar-refractivity contribution in [3.8, 4) is 0 Å². The van der Waals surface area contributed by atoms with E-state index in [0.29, 0.717) is 16.8 Å². The number of rotatable bonds is 3. The fraction of sp³-hybridized carbons (Fsp3) is 0.105. The molecule has 27 heavy (non-hydrogen) atoms. The summed E-state index contributed by atoms with van der Waals surface area (Å²) in [6.07, 6.45) is 1.23. The fourth-order valence-corrected chi connectivity index (χ4v) is 2.67. The van der Waals surface area contributed by atoms with Crippen molar-refractivity contribution >= 4 is 35.3 Å². The molecular weight excluding hydrogens is 350 g/mol. The third-order valence-electron chi connectivity index (χ3n) is 4.13. The lowest BCUT2D eigenvalue weighted by molar-refractivity contribution is -0.385. The molecule has 1 fully saturated rings. The number of nitrogens with one attached hydrogen (secondary N) is 1. The van der Waals surface area contributed by atoms with Crippen LogP contribution in [0.25, 0.3) is 6.08 Å². The number of nitrogens with zero attached hydrogens (tertiary/aromatic N) is 2. The van der Waals surface area contributed by atoms with Gasteiger partial charge in [-0.1, -0.05) is 29.8 Å². The number of carbonyl (C=O) groups is 3. The maximum atomic E-state index is 12.8. The first-order valence-corrected chi connectivity index (χ1v) is 8.01. The Morgan fingerprint density at radius 2 is 1.70 bits per heavy atom. The van der Waals surface area contributed by atoms with Crippen molar-refractivity contribution in [2.75, 3.05) is 4.90 Å². The second-order valence-corrected chi connectivity index (χ2v) is 6.10. The number of hydrogen-bond acceptors (Lipinski definition) is 5. The van der Waals surface area contributed by atoms with E-state index in [-0.39, 0.29) is 11.3 Å². The Bertz CT molecular complexity index is 1010. The highest BCUT2D eigenvalue weighted by Gasteiger charge is 2.36. The van der Waals surface area contributed by atoms with Crippen LogP contribution in [0.1, 0.15) is 16.7 Å². The molecule has 136 valence electrons. The van der Waals surface area contributed by atoms with E-state index in [4.69, 9.17) is 0 Å². The van der Waals surface area contributed by atoms with Crippen LogP contribution in [-0.4, -0.2) is 22.8 Å². The fourth-order valence-electron chi connectivity index (χ4n) is 2.67. The number of nitro benzene ring substituents is 1. The van der Waals surface area contributed by atoms with Crippen LogP contribution in [0.4, 0.5) is 16.2 Å². The van der Waals surface area contributed by atoms with Crippen LogP contribution in [0, 0.1) is 24.0 Å². The van der Waals surface area contributed by atoms with Gasteiger partial charge >= 0.3 is 6.03 Å². The molecule has 0 unspecified atom stereocenters. The van der Waals surface area contributed by atoms with E-state index < -0.39 is 22.8 Å². The van der Waals surface area contributed by atoms with Crippen molar-refractivity contribution in [1.82, 2.24) is 5.32 Å². The predicted octanol–water partition coefficient (Wildman–Crippen LogP) is 2.88. The third kappa shape index (κ3) is 3.45. The molecule has 3 rings (SSSR count). The zero-order chi connectivity index (χ0) is 19.7. The monoisotopic (exact) mass is 365 g/mol. The quantitative estimate of drug-likeness (QED) is 0.389. The molecule has 1 aliphatic heterocycles. The Kier molecular flexibility index (Phi) is 4.55. The Morgan fingerprint density at radius 3 is 2.33 bits per heavy atom. The Labute approximate surface area is 154 Å². The first-order chi connectivity index (χ1) is 12.8. The van der Waals surface area contributed by atoms with Gasteiger partial charge in [-0.15, -0.1) is 0 Å². The molecule has 0 radical (unpaired) electrons. The summed E-state index contributed by atoms with van der Waals surface area (Å²) in [7, 11) is 0. The van der Waals surface area contributed by atoms with E-state index >= 15 is 0 Å². The summed E-state index contributed by atoms with van der Waals surface area (Å²) < 4.78 is 0. The van der Waals surface area contributed by atoms with Gasteiger partial charge in [0.1, 0.15) is 5.57 Å². The third-order valence-corrected chi connectivity index (χ3v) is 4.13. The Morgan fingerprint density at radius 1 is 1.04 bits per heavy atom. The zero-order valence-corrected chi connectivity index (χ0v) is 14.6. The topological polar surface area (TPSA) is 110 Å². The van der Waals surface area contributed by atoms with Crippen molar-refractivity contribution in [3.05, 3.63) is 74.8 Å². The van der Waals surface area contributed by atoms with Crippen molar-refractivity contribution in [1.29, 1.82) is 0 Å². The van der Waals surface area contributed by atoms with E-state index in [9.17, 15) is 24.5 Å². The van der Waals surface area contributed by atoms with Gasteiger partial charge in [0, 0.05) is 11.6 Å². The van der Waals surface area contributed by atoms with E-state index in [0.717, 1.165) is 10.5 Å². The minimum Gasteiger partial charge on any atom is -0.273 e. The van der Waals surface area contributed by atoms with Crippen molar-refractivity contribution in [2.45, 2.75) is 13.8 Å². The van der Waals surface area contributed by atoms with Gasteiger partial charge in [-0.25, -0.2) is 9.69 Å². The van der Waals surface area contributed by atoms with E-state index in [1.165, 1.54) is 18.2 Å². The van der Waals surface area contributed by atoms with Crippen molar-refractivity contribution < 1.29 is 19.3 Å². The molecule has 8 heteroatoms. The van der Waals surface area contributed by atoms with Crippen LogP contribution < -0.4 is 10.2 Å². The Balaban J connectivity index is 2.03. The molecule has 0 atom stereocenters. The minimum absolute atomic E-state index is 0.125. The van der Waals surface area contributed by atoms with Crippen molar-refractivity contribution in [3.63, 3.8) is 0 Å². The standard InChI is InChI=1S/C19H15N3O5/c1-11-3-7-14(8-4-11)21-18(24)15(17(23)20-19(21)25)9-13-6-5-12(2)16(10-13)22(26)27/h3-10H,1-2H3,(H,20,23,25). The summed E-state index contributed by atoms with van der Waals surface area (Å²) in [5, 5.41) is 13.2. The van der Waals surface area contributed by atoms with Gasteiger partial charge in [0.05, 0.1) is 10.6 Å². The number of hydrogen-bond donors (Lipinski definition) is 1. The summed E-state index contributed by atoms with van der Waals surface area (Å²) in [6.45, 7) is 3.45. The smallest absolute Gasteiger partial charge is 0.273 e. The maximum absolute atomic E-state index is 12.8. The van der Waals surface area contributed by atoms with Gasteiger partial charge in [0.15, 0.2) is 0 Å². The molecule has 1 aliphatic rings. The van der Waals surface area contributed by atoms with E-state index in [1.807, 2.05) is 6.92 Å². The minimum atomic E-state index is -0.850. The molecule has 1 saturated heterocycles. The number of carbonyl (C=O) groups excluding carboxylic acids is 3. The van der Waals surface area contributed by atoms with Gasteiger partial charge < -0.3 is 0 Å². The normalized spacial score (nSPS) is 15.9. The molecule has 4 amide bonds. The number of anilines is 1. The maximum Gasteiger partial charge on any atom is 0.335 e. The van der Waals surface area contributed by atoms with Crippen LogP contribution in [-0.2, 0) is 9.59 Å². The summed E-state index contributed by atoms with van der Waals surface area (Å²) in [4.78, 5) is 48.5. The van der Waals surface area contributed by atoms with Crippen LogP contribution in [0.3, 0.4) is 0 Å². The summed E-state index contributed by atoms with van der Waals surface area (Å²) in [6, 6.07) is 10.2. The van der Waals surface area contributed by atoms with Gasteiger partial charge in [-0.05, 0) is 37.6 Å². The first kappa shape index (κ1) is 18.0. The number of amides is 4. The van der Waals surface area contributed by atoms with Gasteiger partial charge in [0.2, 0.25) is 0 Å². The average Bonchev–Trinajstić information content (AvgIpc) is 2.61. The van der Waals surface area contributed by atoms with Crippen LogP contribution >= 0.6 is 0 Å². The van der Waals surface area contributed by atoms with Crippen molar-refractivity contribution in [2.24, 2.45) is 0 Å². The van der Waals surface area contributed by atoms with Gasteiger partial charge in [-0.3, -0.25) is 25.0 Å².